The molecule has 3 rings (SSSR count). The molecule has 0 saturated carbocycles. The fourth-order valence-corrected chi connectivity index (χ4v) is 3.02. The van der Waals surface area contributed by atoms with Crippen molar-refractivity contribution in [2.45, 2.75) is 12.1 Å². The number of H-pyrrole nitrogens is 1. The van der Waals surface area contributed by atoms with Crippen molar-refractivity contribution in [3.05, 3.63) is 42.5 Å². The summed E-state index contributed by atoms with van der Waals surface area (Å²) in [5.74, 6) is 0.699. The molecule has 0 bridgehead atoms. The number of imidazole rings is 1. The minimum absolute atomic E-state index is 0.137. The molecule has 1 heterocycles. The smallest absolute Gasteiger partial charge is 0.234 e. The molecule has 2 amide bonds. The Balaban J connectivity index is 1.56. The molecule has 2 aromatic carbocycles. The van der Waals surface area contributed by atoms with Crippen LogP contribution in [0.4, 0.5) is 11.4 Å². The van der Waals surface area contributed by atoms with Crippen LogP contribution in [0, 0.1) is 0 Å². The van der Waals surface area contributed by atoms with Gasteiger partial charge in [-0.05, 0) is 36.4 Å². The van der Waals surface area contributed by atoms with E-state index in [1.54, 1.807) is 31.4 Å². The highest BCUT2D eigenvalue weighted by Gasteiger charge is 2.08. The fraction of sp³-hybridized carbons (Fsp3) is 0.167. The van der Waals surface area contributed by atoms with E-state index in [4.69, 9.17) is 4.74 Å². The van der Waals surface area contributed by atoms with Crippen LogP contribution in [0.15, 0.2) is 47.6 Å². The highest BCUT2D eigenvalue weighted by Crippen LogP contribution is 2.23. The zero-order valence-corrected chi connectivity index (χ0v) is 15.1. The Labute approximate surface area is 154 Å². The quantitative estimate of drug-likeness (QED) is 0.579. The monoisotopic (exact) mass is 370 g/mol. The van der Waals surface area contributed by atoms with Crippen molar-refractivity contribution in [3.8, 4) is 5.75 Å². The van der Waals surface area contributed by atoms with E-state index in [1.165, 1.54) is 18.7 Å². The van der Waals surface area contributed by atoms with Crippen LogP contribution in [-0.4, -0.2) is 34.6 Å². The van der Waals surface area contributed by atoms with Gasteiger partial charge in [-0.3, -0.25) is 9.59 Å². The number of carbonyl (C=O) groups excluding carboxylic acids is 2. The Bertz CT molecular complexity index is 937. The molecule has 26 heavy (non-hydrogen) atoms. The zero-order valence-electron chi connectivity index (χ0n) is 14.3. The molecule has 8 heteroatoms. The maximum atomic E-state index is 12.1. The number of carbonyl (C=O) groups is 2. The molecule has 0 aliphatic rings. The topological polar surface area (TPSA) is 96.1 Å². The number of amides is 2. The van der Waals surface area contributed by atoms with E-state index in [0.29, 0.717) is 16.5 Å². The summed E-state index contributed by atoms with van der Waals surface area (Å²) < 4.78 is 5.18. The number of nitrogens with one attached hydrogen (secondary N) is 3. The average molecular weight is 370 g/mol. The third-order valence-electron chi connectivity index (χ3n) is 3.50. The van der Waals surface area contributed by atoms with Crippen LogP contribution in [0.3, 0.4) is 0 Å². The number of ether oxygens (including phenoxy) is 1. The molecule has 0 saturated heterocycles. The molecular weight excluding hydrogens is 352 g/mol. The summed E-state index contributed by atoms with van der Waals surface area (Å²) >= 11 is 1.32. The number of aromatic amines is 1. The largest absolute Gasteiger partial charge is 0.497 e. The molecule has 0 spiro atoms. The lowest BCUT2D eigenvalue weighted by molar-refractivity contribution is -0.114. The number of anilines is 2. The summed E-state index contributed by atoms with van der Waals surface area (Å²) in [6, 6.07) is 12.5. The molecule has 7 nitrogen and oxygen atoms in total. The Morgan fingerprint density at radius 3 is 2.46 bits per heavy atom. The minimum Gasteiger partial charge on any atom is -0.497 e. The second-order valence-electron chi connectivity index (χ2n) is 5.52. The number of benzene rings is 2. The van der Waals surface area contributed by atoms with Gasteiger partial charge >= 0.3 is 0 Å². The molecule has 0 fully saturated rings. The maximum absolute atomic E-state index is 12.1. The average Bonchev–Trinajstić information content (AvgIpc) is 3.03. The first-order chi connectivity index (χ1) is 12.5. The summed E-state index contributed by atoms with van der Waals surface area (Å²) in [5.41, 5.74) is 3.03. The predicted octanol–water partition coefficient (Wildman–Crippen LogP) is 3.26. The van der Waals surface area contributed by atoms with Gasteiger partial charge in [0.2, 0.25) is 11.8 Å². The first-order valence-electron chi connectivity index (χ1n) is 7.87. The van der Waals surface area contributed by atoms with Crippen LogP contribution in [0.25, 0.3) is 11.0 Å². The summed E-state index contributed by atoms with van der Waals surface area (Å²) in [6.45, 7) is 1.45. The van der Waals surface area contributed by atoms with Gasteiger partial charge in [0, 0.05) is 24.4 Å². The summed E-state index contributed by atoms with van der Waals surface area (Å²) in [7, 11) is 1.61. The van der Waals surface area contributed by atoms with Gasteiger partial charge in [-0.15, -0.1) is 0 Å². The number of methoxy groups -OCH3 is 1. The van der Waals surface area contributed by atoms with Crippen LogP contribution in [-0.2, 0) is 9.59 Å². The lowest BCUT2D eigenvalue weighted by Gasteiger charge is -2.06. The van der Waals surface area contributed by atoms with Crippen LogP contribution in [0.1, 0.15) is 6.92 Å². The van der Waals surface area contributed by atoms with E-state index >= 15 is 0 Å². The van der Waals surface area contributed by atoms with Crippen molar-refractivity contribution in [1.29, 1.82) is 0 Å². The number of nitrogens with zero attached hydrogens (tertiary/aromatic N) is 1. The predicted molar refractivity (Wildman–Crippen MR) is 103 cm³/mol. The molecule has 3 N–H and O–H groups in total. The van der Waals surface area contributed by atoms with Gasteiger partial charge in [0.25, 0.3) is 0 Å². The molecule has 134 valence electrons. The normalized spacial score (nSPS) is 10.5. The van der Waals surface area contributed by atoms with Crippen molar-refractivity contribution in [1.82, 2.24) is 9.97 Å². The van der Waals surface area contributed by atoms with Gasteiger partial charge in [0.05, 0.1) is 23.9 Å². The lowest BCUT2D eigenvalue weighted by atomic mass is 10.3. The van der Waals surface area contributed by atoms with Gasteiger partial charge in [-0.2, -0.15) is 0 Å². The second kappa shape index (κ2) is 7.92. The minimum atomic E-state index is -0.139. The Morgan fingerprint density at radius 2 is 1.81 bits per heavy atom. The fourth-order valence-electron chi connectivity index (χ4n) is 2.33. The van der Waals surface area contributed by atoms with Crippen LogP contribution < -0.4 is 15.4 Å². The second-order valence-corrected chi connectivity index (χ2v) is 6.48. The van der Waals surface area contributed by atoms with Crippen molar-refractivity contribution in [3.63, 3.8) is 0 Å². The number of thioether (sulfide) groups is 1. The van der Waals surface area contributed by atoms with Crippen molar-refractivity contribution in [2.24, 2.45) is 0 Å². The van der Waals surface area contributed by atoms with E-state index in [-0.39, 0.29) is 17.6 Å². The van der Waals surface area contributed by atoms with Crippen LogP contribution in [0.5, 0.6) is 5.75 Å². The molecule has 0 aliphatic heterocycles. The zero-order chi connectivity index (χ0) is 18.5. The van der Waals surface area contributed by atoms with E-state index in [9.17, 15) is 9.59 Å². The van der Waals surface area contributed by atoms with Gasteiger partial charge in [0.15, 0.2) is 5.16 Å². The van der Waals surface area contributed by atoms with Crippen molar-refractivity contribution < 1.29 is 14.3 Å². The highest BCUT2D eigenvalue weighted by atomic mass is 32.2. The maximum Gasteiger partial charge on any atom is 0.234 e. The van der Waals surface area contributed by atoms with Gasteiger partial charge in [-0.25, -0.2) is 4.98 Å². The summed E-state index contributed by atoms with van der Waals surface area (Å²) in [6.07, 6.45) is 0. The highest BCUT2D eigenvalue weighted by molar-refractivity contribution is 7.99. The van der Waals surface area contributed by atoms with Crippen LogP contribution in [0.2, 0.25) is 0 Å². The molecule has 0 aliphatic carbocycles. The lowest BCUT2D eigenvalue weighted by Crippen LogP contribution is -2.14. The first kappa shape index (κ1) is 17.8. The first-order valence-corrected chi connectivity index (χ1v) is 8.86. The Kier molecular flexibility index (Phi) is 5.43. The summed E-state index contributed by atoms with van der Waals surface area (Å²) in [4.78, 5) is 30.7. The standard InChI is InChI=1S/C18H18N4O3S/c1-11(23)19-12-3-5-13(6-4-12)20-17(24)10-26-18-21-15-8-7-14(25-2)9-16(15)22-18/h3-9H,10H2,1-2H3,(H,19,23)(H,20,24)(H,21,22). The van der Waals surface area contributed by atoms with Crippen molar-refractivity contribution in [2.75, 3.05) is 23.5 Å². The summed E-state index contributed by atoms with van der Waals surface area (Å²) in [5, 5.41) is 6.16. The van der Waals surface area contributed by atoms with Gasteiger partial charge in [-0.1, -0.05) is 11.8 Å². The van der Waals surface area contributed by atoms with Crippen LogP contribution >= 0.6 is 11.8 Å². The van der Waals surface area contributed by atoms with Gasteiger partial charge < -0.3 is 20.4 Å². The molecule has 0 radical (unpaired) electrons. The van der Waals surface area contributed by atoms with E-state index in [2.05, 4.69) is 20.6 Å². The Morgan fingerprint density at radius 1 is 1.12 bits per heavy atom. The van der Waals surface area contributed by atoms with E-state index in [0.717, 1.165) is 16.8 Å². The number of rotatable bonds is 6. The van der Waals surface area contributed by atoms with Gasteiger partial charge in [0.1, 0.15) is 5.75 Å². The SMILES string of the molecule is COc1ccc2nc(SCC(=O)Nc3ccc(NC(C)=O)cc3)[nH]c2c1. The third kappa shape index (κ3) is 4.54. The molecule has 0 unspecified atom stereocenters. The van der Waals surface area contributed by atoms with E-state index in [1.807, 2.05) is 18.2 Å². The molecular formula is C18H18N4O3S. The van der Waals surface area contributed by atoms with E-state index < -0.39 is 0 Å². The Hall–Kier alpha value is -3.00. The number of hydrogen-bond donors (Lipinski definition) is 3. The molecule has 0 atom stereocenters. The molecule has 3 aromatic rings. The number of hydrogen-bond acceptors (Lipinski definition) is 5. The number of aromatic nitrogens is 2. The third-order valence-corrected chi connectivity index (χ3v) is 4.37. The molecule has 1 aromatic heterocycles. The van der Waals surface area contributed by atoms with Crippen molar-refractivity contribution >= 4 is 46.0 Å². The number of fused-ring (bicyclic) bond motifs is 1.